The first-order valence-corrected chi connectivity index (χ1v) is 9.50. The lowest BCUT2D eigenvalue weighted by atomic mass is 10.2. The number of halogens is 1. The fourth-order valence-corrected chi connectivity index (χ4v) is 3.39. The number of likely N-dealkylation sites (N-methyl/N-ethyl adjacent to an activating group) is 1. The minimum atomic E-state index is -3.56. The summed E-state index contributed by atoms with van der Waals surface area (Å²) in [6.45, 7) is 0.769. The second-order valence-electron chi connectivity index (χ2n) is 6.30. The van der Waals surface area contributed by atoms with Crippen molar-refractivity contribution >= 4 is 21.6 Å². The van der Waals surface area contributed by atoms with Gasteiger partial charge in [-0.15, -0.1) is 0 Å². The van der Waals surface area contributed by atoms with Crippen LogP contribution < -0.4 is 10.2 Å². The van der Waals surface area contributed by atoms with Crippen LogP contribution in [0.1, 0.15) is 5.56 Å². The van der Waals surface area contributed by atoms with Gasteiger partial charge in [0.05, 0.1) is 11.9 Å². The largest absolute Gasteiger partial charge is 0.326 e. The third kappa shape index (κ3) is 5.35. The Hall–Kier alpha value is -2.29. The molecule has 0 aliphatic heterocycles. The molecule has 0 spiro atoms. The third-order valence-electron chi connectivity index (χ3n) is 3.78. The highest BCUT2D eigenvalue weighted by atomic mass is 32.2. The van der Waals surface area contributed by atoms with Gasteiger partial charge in [0.25, 0.3) is 5.91 Å². The number of hydrogen-bond acceptors (Lipinski definition) is 3. The van der Waals surface area contributed by atoms with Crippen molar-refractivity contribution in [2.75, 3.05) is 33.0 Å². The number of carbonyl (C=O) groups is 1. The summed E-state index contributed by atoms with van der Waals surface area (Å²) in [6.07, 6.45) is 0. The van der Waals surface area contributed by atoms with E-state index in [1.807, 2.05) is 7.05 Å². The Balaban J connectivity index is 1.98. The number of sulfonamides is 1. The number of carbonyl (C=O) groups excluding carboxylic acids is 1. The number of nitrogens with zero attached hydrogens (tertiary/aromatic N) is 1. The molecule has 2 aromatic carbocycles. The Morgan fingerprint density at radius 1 is 1.15 bits per heavy atom. The minimum Gasteiger partial charge on any atom is -0.326 e. The lowest BCUT2D eigenvalue weighted by Gasteiger charge is -2.15. The molecule has 2 N–H and O–H groups in total. The van der Waals surface area contributed by atoms with Crippen molar-refractivity contribution in [2.24, 2.45) is 0 Å². The molecule has 1 atom stereocenters. The molecule has 0 bridgehead atoms. The van der Waals surface area contributed by atoms with Crippen LogP contribution in [-0.2, 0) is 21.4 Å². The first-order valence-electron chi connectivity index (χ1n) is 8.06. The number of rotatable bonds is 7. The molecule has 0 saturated carbocycles. The molecular weight excluding hydrogens is 357 g/mol. The molecule has 2 rings (SSSR count). The van der Waals surface area contributed by atoms with E-state index in [-0.39, 0.29) is 23.2 Å². The highest BCUT2D eigenvalue weighted by Crippen LogP contribution is 2.17. The Morgan fingerprint density at radius 2 is 1.81 bits per heavy atom. The molecule has 26 heavy (non-hydrogen) atoms. The van der Waals surface area contributed by atoms with Crippen molar-refractivity contribution in [1.82, 2.24) is 4.31 Å². The Labute approximate surface area is 153 Å². The predicted octanol–water partition coefficient (Wildman–Crippen LogP) is 0.729. The van der Waals surface area contributed by atoms with Crippen molar-refractivity contribution in [2.45, 2.75) is 11.4 Å². The molecule has 0 fully saturated rings. The van der Waals surface area contributed by atoms with Crippen molar-refractivity contribution in [1.29, 1.82) is 0 Å². The van der Waals surface area contributed by atoms with Crippen molar-refractivity contribution in [3.63, 3.8) is 0 Å². The van der Waals surface area contributed by atoms with E-state index in [4.69, 9.17) is 0 Å². The number of amides is 1. The van der Waals surface area contributed by atoms with Gasteiger partial charge in [-0.3, -0.25) is 4.79 Å². The van der Waals surface area contributed by atoms with Gasteiger partial charge in [0, 0.05) is 25.3 Å². The summed E-state index contributed by atoms with van der Waals surface area (Å²) in [5, 5.41) is 2.72. The van der Waals surface area contributed by atoms with Crippen LogP contribution in [0.3, 0.4) is 0 Å². The maximum atomic E-state index is 12.9. The summed E-state index contributed by atoms with van der Waals surface area (Å²) in [5.74, 6) is -0.527. The predicted molar refractivity (Wildman–Crippen MR) is 97.8 cm³/mol. The van der Waals surface area contributed by atoms with E-state index in [1.165, 1.54) is 38.4 Å². The van der Waals surface area contributed by atoms with Gasteiger partial charge in [0.15, 0.2) is 6.54 Å². The lowest BCUT2D eigenvalue weighted by Crippen LogP contribution is -3.08. The number of quaternary nitrogens is 1. The Bertz CT molecular complexity index is 868. The molecule has 1 amide bonds. The average molecular weight is 380 g/mol. The van der Waals surface area contributed by atoms with Crippen molar-refractivity contribution in [3.05, 3.63) is 59.9 Å². The summed E-state index contributed by atoms with van der Waals surface area (Å²) in [6, 6.07) is 12.3. The van der Waals surface area contributed by atoms with E-state index < -0.39 is 10.0 Å². The standard InChI is InChI=1S/C18H22FN3O3S/c1-21(2)26(24,25)17-6-4-5-16(11-17)20-18(23)13-22(3)12-14-7-9-15(19)10-8-14/h4-11H,12-13H2,1-3H3,(H,20,23)/p+1. The third-order valence-corrected chi connectivity index (χ3v) is 5.59. The fraction of sp³-hybridized carbons (Fsp3) is 0.278. The van der Waals surface area contributed by atoms with E-state index >= 15 is 0 Å². The van der Waals surface area contributed by atoms with Gasteiger partial charge in [0.2, 0.25) is 10.0 Å². The van der Waals surface area contributed by atoms with Gasteiger partial charge >= 0.3 is 0 Å². The molecule has 8 heteroatoms. The topological polar surface area (TPSA) is 70.9 Å². The number of benzene rings is 2. The highest BCUT2D eigenvalue weighted by molar-refractivity contribution is 7.89. The monoisotopic (exact) mass is 380 g/mol. The summed E-state index contributed by atoms with van der Waals surface area (Å²) in [5.41, 5.74) is 1.35. The molecule has 1 unspecified atom stereocenters. The average Bonchev–Trinajstić information content (AvgIpc) is 2.56. The zero-order valence-electron chi connectivity index (χ0n) is 15.0. The molecule has 0 aliphatic carbocycles. The molecule has 0 heterocycles. The van der Waals surface area contributed by atoms with Crippen LogP contribution in [0.4, 0.5) is 10.1 Å². The van der Waals surface area contributed by atoms with Gasteiger partial charge in [0.1, 0.15) is 12.4 Å². The highest BCUT2D eigenvalue weighted by Gasteiger charge is 2.18. The van der Waals surface area contributed by atoms with Crippen LogP contribution >= 0.6 is 0 Å². The molecule has 0 saturated heterocycles. The first-order chi connectivity index (χ1) is 12.2. The Morgan fingerprint density at radius 3 is 2.42 bits per heavy atom. The quantitative estimate of drug-likeness (QED) is 0.744. The maximum Gasteiger partial charge on any atom is 0.279 e. The van der Waals surface area contributed by atoms with E-state index in [1.54, 1.807) is 24.3 Å². The zero-order valence-corrected chi connectivity index (χ0v) is 15.8. The van der Waals surface area contributed by atoms with E-state index in [0.717, 1.165) is 14.8 Å². The molecule has 2 aromatic rings. The van der Waals surface area contributed by atoms with E-state index in [9.17, 15) is 17.6 Å². The van der Waals surface area contributed by atoms with Crippen molar-refractivity contribution < 1.29 is 22.5 Å². The number of nitrogens with one attached hydrogen (secondary N) is 2. The van der Waals surface area contributed by atoms with E-state index in [2.05, 4.69) is 5.32 Å². The lowest BCUT2D eigenvalue weighted by molar-refractivity contribution is -0.885. The molecular formula is C18H23FN3O3S+. The van der Waals surface area contributed by atoms with Crippen LogP contribution in [-0.4, -0.2) is 46.3 Å². The molecule has 0 aromatic heterocycles. The summed E-state index contributed by atoms with van der Waals surface area (Å²) in [7, 11) is 1.21. The molecule has 140 valence electrons. The first kappa shape index (κ1) is 20.0. The summed E-state index contributed by atoms with van der Waals surface area (Å²) in [4.78, 5) is 13.3. The fourth-order valence-electron chi connectivity index (χ4n) is 2.44. The zero-order chi connectivity index (χ0) is 19.3. The molecule has 0 radical (unpaired) electrons. The van der Waals surface area contributed by atoms with Gasteiger partial charge in [-0.05, 0) is 30.3 Å². The van der Waals surface area contributed by atoms with Crippen LogP contribution in [0.2, 0.25) is 0 Å². The normalized spacial score (nSPS) is 12.8. The van der Waals surface area contributed by atoms with Crippen molar-refractivity contribution in [3.8, 4) is 0 Å². The Kier molecular flexibility index (Phi) is 6.47. The second-order valence-corrected chi connectivity index (χ2v) is 8.45. The number of anilines is 1. The minimum absolute atomic E-state index is 0.118. The van der Waals surface area contributed by atoms with Crippen LogP contribution in [0.15, 0.2) is 53.4 Å². The SMILES string of the molecule is CN(C)S(=O)(=O)c1cccc(NC(=O)C[NH+](C)Cc2ccc(F)cc2)c1. The van der Waals surface area contributed by atoms with Crippen LogP contribution in [0.25, 0.3) is 0 Å². The molecule has 6 nitrogen and oxygen atoms in total. The van der Waals surface area contributed by atoms with Crippen LogP contribution in [0, 0.1) is 5.82 Å². The van der Waals surface area contributed by atoms with Gasteiger partial charge in [-0.25, -0.2) is 17.1 Å². The van der Waals surface area contributed by atoms with Gasteiger partial charge in [-0.2, -0.15) is 0 Å². The van der Waals surface area contributed by atoms with E-state index in [0.29, 0.717) is 12.2 Å². The summed E-state index contributed by atoms with van der Waals surface area (Å²) < 4.78 is 38.4. The van der Waals surface area contributed by atoms with Gasteiger partial charge < -0.3 is 10.2 Å². The smallest absolute Gasteiger partial charge is 0.279 e. The van der Waals surface area contributed by atoms with Gasteiger partial charge in [-0.1, -0.05) is 18.2 Å². The summed E-state index contributed by atoms with van der Waals surface area (Å²) >= 11 is 0. The number of hydrogen-bond donors (Lipinski definition) is 2. The molecule has 0 aliphatic rings. The maximum absolute atomic E-state index is 12.9. The van der Waals surface area contributed by atoms with Crippen LogP contribution in [0.5, 0.6) is 0 Å². The second kappa shape index (κ2) is 8.39.